The van der Waals surface area contributed by atoms with Gasteiger partial charge >= 0.3 is 18.0 Å². The molecule has 7 nitrogen and oxygen atoms in total. The summed E-state index contributed by atoms with van der Waals surface area (Å²) in [7, 11) is 1.18. The van der Waals surface area contributed by atoms with Crippen LogP contribution in [-0.4, -0.2) is 38.3 Å². The molecule has 0 aliphatic heterocycles. The van der Waals surface area contributed by atoms with Crippen molar-refractivity contribution in [1.82, 2.24) is 5.32 Å². The largest absolute Gasteiger partial charge is 0.466 e. The standard InChI is InChI=1S/C13H15NO6/c1-18-12(16)9-19-11(15)7-14-13(17)20-8-10-5-3-2-4-6-10/h2-6H,7-9H2,1H3,(H,14,17). The number of hydrogen-bond acceptors (Lipinski definition) is 6. The molecule has 0 fully saturated rings. The zero-order chi connectivity index (χ0) is 14.8. The predicted octanol–water partition coefficient (Wildman–Crippen LogP) is 0.629. The first kappa shape index (κ1) is 15.5. The van der Waals surface area contributed by atoms with Crippen LogP contribution in [0.1, 0.15) is 5.56 Å². The summed E-state index contributed by atoms with van der Waals surface area (Å²) in [6, 6.07) is 9.10. The molecule has 0 saturated heterocycles. The number of rotatable bonds is 6. The highest BCUT2D eigenvalue weighted by Gasteiger charge is 2.09. The van der Waals surface area contributed by atoms with E-state index in [9.17, 15) is 14.4 Å². The topological polar surface area (TPSA) is 90.9 Å². The molecule has 108 valence electrons. The van der Waals surface area contributed by atoms with Crippen LogP contribution < -0.4 is 5.32 Å². The Bertz CT molecular complexity index is 459. The van der Waals surface area contributed by atoms with Crippen LogP contribution in [0.4, 0.5) is 4.79 Å². The van der Waals surface area contributed by atoms with Crippen molar-refractivity contribution < 1.29 is 28.6 Å². The van der Waals surface area contributed by atoms with Crippen molar-refractivity contribution in [3.8, 4) is 0 Å². The maximum Gasteiger partial charge on any atom is 0.407 e. The molecule has 0 saturated carbocycles. The molecule has 1 aromatic carbocycles. The van der Waals surface area contributed by atoms with Gasteiger partial charge in [-0.25, -0.2) is 9.59 Å². The van der Waals surface area contributed by atoms with Crippen molar-refractivity contribution in [2.75, 3.05) is 20.3 Å². The van der Waals surface area contributed by atoms with E-state index in [0.717, 1.165) is 5.56 Å². The van der Waals surface area contributed by atoms with E-state index in [2.05, 4.69) is 14.8 Å². The van der Waals surface area contributed by atoms with Crippen molar-refractivity contribution in [3.05, 3.63) is 35.9 Å². The highest BCUT2D eigenvalue weighted by Crippen LogP contribution is 2.00. The Morgan fingerprint density at radius 3 is 2.40 bits per heavy atom. The molecular formula is C13H15NO6. The average Bonchev–Trinajstić information content (AvgIpc) is 2.49. The summed E-state index contributed by atoms with van der Waals surface area (Å²) >= 11 is 0. The number of carbonyl (C=O) groups excluding carboxylic acids is 3. The minimum absolute atomic E-state index is 0.101. The van der Waals surface area contributed by atoms with E-state index in [-0.39, 0.29) is 13.2 Å². The lowest BCUT2D eigenvalue weighted by molar-refractivity contribution is -0.156. The molecule has 0 aliphatic carbocycles. The third-order valence-electron chi connectivity index (χ3n) is 2.17. The zero-order valence-corrected chi connectivity index (χ0v) is 11.0. The molecule has 0 bridgehead atoms. The summed E-state index contributed by atoms with van der Waals surface area (Å²) in [5.41, 5.74) is 0.830. The Labute approximate surface area is 115 Å². The lowest BCUT2D eigenvalue weighted by Gasteiger charge is -2.07. The van der Waals surface area contributed by atoms with Crippen LogP contribution in [0.5, 0.6) is 0 Å². The zero-order valence-electron chi connectivity index (χ0n) is 11.0. The molecule has 0 spiro atoms. The number of ether oxygens (including phenoxy) is 3. The van der Waals surface area contributed by atoms with Gasteiger partial charge in [0, 0.05) is 0 Å². The Hall–Kier alpha value is -2.57. The number of hydrogen-bond donors (Lipinski definition) is 1. The van der Waals surface area contributed by atoms with Gasteiger partial charge in [-0.2, -0.15) is 0 Å². The van der Waals surface area contributed by atoms with Gasteiger partial charge in [-0.1, -0.05) is 30.3 Å². The SMILES string of the molecule is COC(=O)COC(=O)CNC(=O)OCc1ccccc1. The molecule has 0 heterocycles. The van der Waals surface area contributed by atoms with Crippen molar-refractivity contribution in [2.45, 2.75) is 6.61 Å². The van der Waals surface area contributed by atoms with Crippen LogP contribution in [-0.2, 0) is 30.4 Å². The highest BCUT2D eigenvalue weighted by molar-refractivity contribution is 5.80. The first-order chi connectivity index (χ1) is 9.61. The van der Waals surface area contributed by atoms with Crippen molar-refractivity contribution in [2.24, 2.45) is 0 Å². The second kappa shape index (κ2) is 8.52. The first-order valence-electron chi connectivity index (χ1n) is 5.79. The number of nitrogens with one attached hydrogen (secondary N) is 1. The van der Waals surface area contributed by atoms with E-state index in [0.29, 0.717) is 0 Å². The van der Waals surface area contributed by atoms with Gasteiger partial charge in [0.05, 0.1) is 7.11 Å². The fourth-order valence-electron chi connectivity index (χ4n) is 1.17. The number of benzene rings is 1. The molecular weight excluding hydrogens is 266 g/mol. The number of carbonyl (C=O) groups is 3. The number of alkyl carbamates (subject to hydrolysis) is 1. The predicted molar refractivity (Wildman–Crippen MR) is 67.6 cm³/mol. The van der Waals surface area contributed by atoms with Crippen molar-refractivity contribution in [1.29, 1.82) is 0 Å². The minimum Gasteiger partial charge on any atom is -0.466 e. The summed E-state index contributed by atoms with van der Waals surface area (Å²) in [6.45, 7) is -0.773. The van der Waals surface area contributed by atoms with Gasteiger partial charge < -0.3 is 19.5 Å². The summed E-state index contributed by atoms with van der Waals surface area (Å²) in [5, 5.41) is 2.21. The second-order valence-corrected chi connectivity index (χ2v) is 3.65. The van der Waals surface area contributed by atoms with E-state index in [1.165, 1.54) is 7.11 Å². The molecule has 1 rings (SSSR count). The fraction of sp³-hybridized carbons (Fsp3) is 0.308. The Morgan fingerprint density at radius 2 is 1.75 bits per heavy atom. The summed E-state index contributed by atoms with van der Waals surface area (Å²) in [6.07, 6.45) is -0.746. The Morgan fingerprint density at radius 1 is 1.05 bits per heavy atom. The minimum atomic E-state index is -0.757. The highest BCUT2D eigenvalue weighted by atomic mass is 16.6. The molecule has 0 aromatic heterocycles. The Balaban J connectivity index is 2.16. The molecule has 20 heavy (non-hydrogen) atoms. The molecule has 0 aliphatic rings. The third kappa shape index (κ3) is 6.39. The van der Waals surface area contributed by atoms with Gasteiger partial charge in [-0.05, 0) is 5.56 Å². The number of amides is 1. The Kier molecular flexibility index (Phi) is 6.60. The maximum absolute atomic E-state index is 11.3. The van der Waals surface area contributed by atoms with E-state index in [1.54, 1.807) is 12.1 Å². The molecule has 1 amide bonds. The van der Waals surface area contributed by atoms with E-state index in [4.69, 9.17) is 4.74 Å². The second-order valence-electron chi connectivity index (χ2n) is 3.65. The summed E-state index contributed by atoms with van der Waals surface area (Å²) in [5.74, 6) is -1.43. The monoisotopic (exact) mass is 281 g/mol. The van der Waals surface area contributed by atoms with Crippen LogP contribution in [0, 0.1) is 0 Å². The lowest BCUT2D eigenvalue weighted by atomic mass is 10.2. The molecule has 0 unspecified atom stereocenters. The maximum atomic E-state index is 11.3. The summed E-state index contributed by atoms with van der Waals surface area (Å²) in [4.78, 5) is 33.1. The van der Waals surface area contributed by atoms with E-state index in [1.807, 2.05) is 18.2 Å². The van der Waals surface area contributed by atoms with Crippen LogP contribution in [0.25, 0.3) is 0 Å². The lowest BCUT2D eigenvalue weighted by Crippen LogP contribution is -2.32. The van der Waals surface area contributed by atoms with Crippen LogP contribution in [0.3, 0.4) is 0 Å². The van der Waals surface area contributed by atoms with Crippen LogP contribution >= 0.6 is 0 Å². The van der Waals surface area contributed by atoms with Crippen molar-refractivity contribution >= 4 is 18.0 Å². The molecule has 1 N–H and O–H groups in total. The first-order valence-corrected chi connectivity index (χ1v) is 5.79. The van der Waals surface area contributed by atoms with Crippen LogP contribution in [0.2, 0.25) is 0 Å². The number of esters is 2. The fourth-order valence-corrected chi connectivity index (χ4v) is 1.17. The molecule has 1 aromatic rings. The van der Waals surface area contributed by atoms with Gasteiger partial charge in [-0.15, -0.1) is 0 Å². The molecule has 7 heteroatoms. The van der Waals surface area contributed by atoms with Crippen molar-refractivity contribution in [3.63, 3.8) is 0 Å². The third-order valence-corrected chi connectivity index (χ3v) is 2.17. The van der Waals surface area contributed by atoms with Gasteiger partial charge in [0.2, 0.25) is 0 Å². The van der Waals surface area contributed by atoms with E-state index >= 15 is 0 Å². The van der Waals surface area contributed by atoms with Gasteiger partial charge in [0.25, 0.3) is 0 Å². The van der Waals surface area contributed by atoms with Gasteiger partial charge in [-0.3, -0.25) is 4.79 Å². The smallest absolute Gasteiger partial charge is 0.407 e. The van der Waals surface area contributed by atoms with E-state index < -0.39 is 24.6 Å². The number of methoxy groups -OCH3 is 1. The molecule has 0 radical (unpaired) electrons. The molecule has 0 atom stereocenters. The van der Waals surface area contributed by atoms with Crippen LogP contribution in [0.15, 0.2) is 30.3 Å². The normalized spacial score (nSPS) is 9.45. The van der Waals surface area contributed by atoms with Gasteiger partial charge in [0.15, 0.2) is 6.61 Å². The average molecular weight is 281 g/mol. The quantitative estimate of drug-likeness (QED) is 0.607. The summed E-state index contributed by atoms with van der Waals surface area (Å²) < 4.78 is 13.7. The van der Waals surface area contributed by atoms with Gasteiger partial charge in [0.1, 0.15) is 13.2 Å².